The molecule has 2 aliphatic rings. The molecule has 2 nitrogen and oxygen atoms in total. The molecule has 2 rings (SSSR count). The van der Waals surface area contributed by atoms with Gasteiger partial charge in [-0.25, -0.2) is 0 Å². The standard InChI is InChI=1S/C8H9N2/c1-2-4-8-7(3-1)5-6-9-10-8/h1-2,4-5,10H,3,6H2. The first-order valence-corrected chi connectivity index (χ1v) is 3.45. The second-order valence-electron chi connectivity index (χ2n) is 2.39. The lowest BCUT2D eigenvalue weighted by Crippen LogP contribution is -2.29. The molecule has 0 fully saturated rings. The molecule has 10 heavy (non-hydrogen) atoms. The largest absolute Gasteiger partial charge is 0.303 e. The fourth-order valence-electron chi connectivity index (χ4n) is 1.17. The van der Waals surface area contributed by atoms with Crippen LogP contribution in [0.1, 0.15) is 6.42 Å². The van der Waals surface area contributed by atoms with E-state index in [1.165, 1.54) is 5.57 Å². The molecular weight excluding hydrogens is 124 g/mol. The molecule has 0 unspecified atom stereocenters. The number of nitrogens with one attached hydrogen (secondary N) is 1. The molecule has 1 radical (unpaired) electrons. The Morgan fingerprint density at radius 2 is 2.50 bits per heavy atom. The van der Waals surface area contributed by atoms with Crippen molar-refractivity contribution in [2.24, 2.45) is 0 Å². The van der Waals surface area contributed by atoms with Crippen LogP contribution in [0.2, 0.25) is 0 Å². The minimum atomic E-state index is 0.806. The summed E-state index contributed by atoms with van der Waals surface area (Å²) < 4.78 is 0. The molecule has 0 saturated heterocycles. The quantitative estimate of drug-likeness (QED) is 0.521. The third-order valence-corrected chi connectivity index (χ3v) is 1.71. The van der Waals surface area contributed by atoms with Crippen molar-refractivity contribution in [1.82, 2.24) is 10.9 Å². The van der Waals surface area contributed by atoms with Crippen molar-refractivity contribution in [1.29, 1.82) is 0 Å². The molecule has 0 aromatic heterocycles. The Kier molecular flexibility index (Phi) is 1.32. The van der Waals surface area contributed by atoms with Crippen molar-refractivity contribution in [2.75, 3.05) is 6.54 Å². The lowest BCUT2D eigenvalue weighted by molar-refractivity contribution is 0.610. The van der Waals surface area contributed by atoms with Gasteiger partial charge in [-0.05, 0) is 18.1 Å². The topological polar surface area (TPSA) is 26.1 Å². The number of hydrogen-bond donors (Lipinski definition) is 1. The molecule has 0 spiro atoms. The van der Waals surface area contributed by atoms with E-state index in [1.54, 1.807) is 0 Å². The SMILES string of the molecule is C1=CCC2=CC[N]NC2=C1. The van der Waals surface area contributed by atoms with E-state index in [0.29, 0.717) is 0 Å². The number of rotatable bonds is 0. The molecule has 1 heterocycles. The lowest BCUT2D eigenvalue weighted by Gasteiger charge is -2.18. The second-order valence-corrected chi connectivity index (χ2v) is 2.39. The van der Waals surface area contributed by atoms with E-state index in [0.717, 1.165) is 18.7 Å². The number of hydrogen-bond acceptors (Lipinski definition) is 1. The molecule has 1 aliphatic carbocycles. The van der Waals surface area contributed by atoms with E-state index < -0.39 is 0 Å². The number of nitrogens with zero attached hydrogens (tertiary/aromatic N) is 1. The van der Waals surface area contributed by atoms with Gasteiger partial charge in [0.05, 0.1) is 12.2 Å². The Morgan fingerprint density at radius 1 is 1.50 bits per heavy atom. The van der Waals surface area contributed by atoms with Crippen LogP contribution in [-0.4, -0.2) is 6.54 Å². The van der Waals surface area contributed by atoms with Gasteiger partial charge in [0.25, 0.3) is 0 Å². The van der Waals surface area contributed by atoms with Crippen molar-refractivity contribution in [3.05, 3.63) is 35.6 Å². The van der Waals surface area contributed by atoms with Gasteiger partial charge in [-0.1, -0.05) is 18.2 Å². The van der Waals surface area contributed by atoms with Crippen LogP contribution >= 0.6 is 0 Å². The third kappa shape index (κ3) is 0.866. The first kappa shape index (κ1) is 5.74. The molecule has 2 heteroatoms. The second kappa shape index (κ2) is 2.31. The molecule has 0 atom stereocenters. The monoisotopic (exact) mass is 133 g/mol. The smallest absolute Gasteiger partial charge is 0.0546 e. The van der Waals surface area contributed by atoms with Crippen LogP contribution < -0.4 is 10.9 Å². The maximum Gasteiger partial charge on any atom is 0.0546 e. The van der Waals surface area contributed by atoms with Gasteiger partial charge in [0.15, 0.2) is 0 Å². The molecule has 0 bridgehead atoms. The minimum absolute atomic E-state index is 0.806. The van der Waals surface area contributed by atoms with Crippen LogP contribution in [0.15, 0.2) is 35.6 Å². The van der Waals surface area contributed by atoms with E-state index in [-0.39, 0.29) is 0 Å². The van der Waals surface area contributed by atoms with E-state index in [2.05, 4.69) is 35.2 Å². The van der Waals surface area contributed by atoms with Gasteiger partial charge in [0.1, 0.15) is 0 Å². The Morgan fingerprint density at radius 3 is 3.40 bits per heavy atom. The summed E-state index contributed by atoms with van der Waals surface area (Å²) in [6, 6.07) is 0. The first-order chi connectivity index (χ1) is 4.97. The Hall–Kier alpha value is -1.02. The van der Waals surface area contributed by atoms with Gasteiger partial charge in [-0.3, -0.25) is 0 Å². The predicted octanol–water partition coefficient (Wildman–Crippen LogP) is 0.879. The Bertz CT molecular complexity index is 223. The summed E-state index contributed by atoms with van der Waals surface area (Å²) in [5.41, 5.74) is 9.55. The van der Waals surface area contributed by atoms with Gasteiger partial charge < -0.3 is 5.43 Å². The third-order valence-electron chi connectivity index (χ3n) is 1.71. The van der Waals surface area contributed by atoms with Crippen molar-refractivity contribution >= 4 is 0 Å². The van der Waals surface area contributed by atoms with Crippen LogP contribution in [0, 0.1) is 0 Å². The van der Waals surface area contributed by atoms with E-state index in [9.17, 15) is 0 Å². The summed E-state index contributed by atoms with van der Waals surface area (Å²) in [5, 5.41) is 0. The van der Waals surface area contributed by atoms with Crippen LogP contribution in [0.5, 0.6) is 0 Å². The maximum atomic E-state index is 4.03. The Balaban J connectivity index is 2.32. The van der Waals surface area contributed by atoms with Crippen molar-refractivity contribution in [3.8, 4) is 0 Å². The first-order valence-electron chi connectivity index (χ1n) is 3.45. The predicted molar refractivity (Wildman–Crippen MR) is 40.1 cm³/mol. The van der Waals surface area contributed by atoms with Crippen LogP contribution in [0.4, 0.5) is 0 Å². The number of allylic oxidation sites excluding steroid dienone is 4. The summed E-state index contributed by atoms with van der Waals surface area (Å²) in [6.45, 7) is 0.806. The van der Waals surface area contributed by atoms with Gasteiger partial charge in [-0.15, -0.1) is 5.43 Å². The summed E-state index contributed by atoms with van der Waals surface area (Å²) in [6.07, 6.45) is 9.47. The normalized spacial score (nSPS) is 22.4. The lowest BCUT2D eigenvalue weighted by atomic mass is 10.0. The summed E-state index contributed by atoms with van der Waals surface area (Å²) in [4.78, 5) is 0. The molecule has 51 valence electrons. The highest BCUT2D eigenvalue weighted by Gasteiger charge is 2.09. The Labute approximate surface area is 60.3 Å². The zero-order valence-corrected chi connectivity index (χ0v) is 5.67. The fraction of sp³-hybridized carbons (Fsp3) is 0.250. The maximum absolute atomic E-state index is 4.03. The van der Waals surface area contributed by atoms with Crippen molar-refractivity contribution < 1.29 is 0 Å². The van der Waals surface area contributed by atoms with Crippen LogP contribution in [0.25, 0.3) is 0 Å². The fourth-order valence-corrected chi connectivity index (χ4v) is 1.17. The van der Waals surface area contributed by atoms with E-state index >= 15 is 0 Å². The molecule has 1 N–H and O–H groups in total. The van der Waals surface area contributed by atoms with E-state index in [1.807, 2.05) is 0 Å². The van der Waals surface area contributed by atoms with Gasteiger partial charge in [0, 0.05) is 0 Å². The highest BCUT2D eigenvalue weighted by atomic mass is 15.4. The summed E-state index contributed by atoms with van der Waals surface area (Å²) in [7, 11) is 0. The average Bonchev–Trinajstić information content (AvgIpc) is 2.05. The van der Waals surface area contributed by atoms with Gasteiger partial charge >= 0.3 is 0 Å². The average molecular weight is 133 g/mol. The van der Waals surface area contributed by atoms with Crippen molar-refractivity contribution in [2.45, 2.75) is 6.42 Å². The zero-order chi connectivity index (χ0) is 6.81. The highest BCUT2D eigenvalue weighted by molar-refractivity contribution is 5.39. The van der Waals surface area contributed by atoms with E-state index in [4.69, 9.17) is 0 Å². The van der Waals surface area contributed by atoms with Gasteiger partial charge in [-0.2, -0.15) is 0 Å². The molecule has 1 aliphatic heterocycles. The van der Waals surface area contributed by atoms with Crippen molar-refractivity contribution in [3.63, 3.8) is 0 Å². The number of fused-ring (bicyclic) bond motifs is 1. The van der Waals surface area contributed by atoms with Crippen LogP contribution in [0.3, 0.4) is 0 Å². The molecule has 0 saturated carbocycles. The highest BCUT2D eigenvalue weighted by Crippen LogP contribution is 2.17. The molecular formula is C8H9N2. The van der Waals surface area contributed by atoms with Gasteiger partial charge in [0.2, 0.25) is 0 Å². The zero-order valence-electron chi connectivity index (χ0n) is 5.67. The van der Waals surface area contributed by atoms with Crippen LogP contribution in [-0.2, 0) is 0 Å². The summed E-state index contributed by atoms with van der Waals surface area (Å²) >= 11 is 0. The minimum Gasteiger partial charge on any atom is -0.303 e. The summed E-state index contributed by atoms with van der Waals surface area (Å²) in [5.74, 6) is 0. The molecule has 0 aromatic carbocycles. The molecule has 0 amide bonds. The molecule has 0 aromatic rings.